The topological polar surface area (TPSA) is 47.6 Å². The van der Waals surface area contributed by atoms with Crippen LogP contribution in [0.2, 0.25) is 0 Å². The first kappa shape index (κ1) is 18.5. The van der Waals surface area contributed by atoms with E-state index < -0.39 is 25.1 Å². The van der Waals surface area contributed by atoms with Crippen molar-refractivity contribution in [3.63, 3.8) is 0 Å². The van der Waals surface area contributed by atoms with Crippen molar-refractivity contribution < 1.29 is 26.8 Å². The molecule has 0 fully saturated rings. The zero-order valence-electron chi connectivity index (χ0n) is 13.1. The summed E-state index contributed by atoms with van der Waals surface area (Å²) in [5, 5.41) is 2.94. The molecule has 0 bridgehead atoms. The average molecular weight is 359 g/mol. The molecule has 24 heavy (non-hydrogen) atoms. The number of halogens is 3. The van der Waals surface area contributed by atoms with E-state index in [2.05, 4.69) is 5.32 Å². The van der Waals surface area contributed by atoms with Crippen LogP contribution >= 0.6 is 7.60 Å². The quantitative estimate of drug-likeness (QED) is 0.711. The van der Waals surface area contributed by atoms with Gasteiger partial charge in [0.1, 0.15) is 0 Å². The second kappa shape index (κ2) is 7.38. The molecule has 0 aliphatic carbocycles. The Kier molecular flexibility index (Phi) is 5.70. The second-order valence-corrected chi connectivity index (χ2v) is 7.26. The second-order valence-electron chi connectivity index (χ2n) is 4.94. The number of benzene rings is 2. The van der Waals surface area contributed by atoms with Gasteiger partial charge in [0.05, 0.1) is 5.56 Å². The average Bonchev–Trinajstić information content (AvgIpc) is 2.59. The smallest absolute Gasteiger partial charge is 0.368 e. The number of alkyl halides is 3. The molecular formula is C16H17F3NO3P. The van der Waals surface area contributed by atoms with Gasteiger partial charge in [-0.3, -0.25) is 4.57 Å². The van der Waals surface area contributed by atoms with Crippen molar-refractivity contribution in [3.05, 3.63) is 65.7 Å². The van der Waals surface area contributed by atoms with E-state index in [1.807, 2.05) is 0 Å². The van der Waals surface area contributed by atoms with Gasteiger partial charge in [0.2, 0.25) is 0 Å². The van der Waals surface area contributed by atoms with Gasteiger partial charge in [0.25, 0.3) is 0 Å². The van der Waals surface area contributed by atoms with Crippen LogP contribution in [0.15, 0.2) is 54.6 Å². The molecule has 2 aromatic rings. The van der Waals surface area contributed by atoms with Crippen molar-refractivity contribution in [1.29, 1.82) is 0 Å². The minimum Gasteiger partial charge on any atom is -0.368 e. The van der Waals surface area contributed by atoms with E-state index in [0.717, 1.165) is 12.1 Å². The summed E-state index contributed by atoms with van der Waals surface area (Å²) in [5.41, 5.74) is 0.238. The van der Waals surface area contributed by atoms with Gasteiger partial charge in [-0.15, -0.1) is 0 Å². The molecule has 0 spiro atoms. The lowest BCUT2D eigenvalue weighted by atomic mass is 10.2. The van der Waals surface area contributed by atoms with Crippen LogP contribution < -0.4 is 5.32 Å². The van der Waals surface area contributed by atoms with Crippen molar-refractivity contribution in [1.82, 2.24) is 0 Å². The predicted octanol–water partition coefficient (Wildman–Crippen LogP) is 5.30. The van der Waals surface area contributed by atoms with Gasteiger partial charge in [-0.2, -0.15) is 13.2 Å². The first-order valence-electron chi connectivity index (χ1n) is 7.00. The number of rotatable bonds is 6. The summed E-state index contributed by atoms with van der Waals surface area (Å²) in [5.74, 6) is -0.856. The molecule has 0 saturated heterocycles. The largest absolute Gasteiger partial charge is 0.416 e. The van der Waals surface area contributed by atoms with E-state index >= 15 is 0 Å². The van der Waals surface area contributed by atoms with Crippen LogP contribution in [0.25, 0.3) is 0 Å². The Morgan fingerprint density at radius 1 is 0.958 bits per heavy atom. The van der Waals surface area contributed by atoms with Crippen molar-refractivity contribution in [2.75, 3.05) is 19.5 Å². The molecular weight excluding hydrogens is 342 g/mol. The number of hydrogen-bond donors (Lipinski definition) is 1. The molecule has 1 N–H and O–H groups in total. The highest BCUT2D eigenvalue weighted by Crippen LogP contribution is 2.59. The molecule has 0 radical (unpaired) electrons. The molecule has 0 saturated carbocycles. The van der Waals surface area contributed by atoms with Gasteiger partial charge in [-0.05, 0) is 29.8 Å². The van der Waals surface area contributed by atoms with Crippen LogP contribution in [-0.4, -0.2) is 14.2 Å². The van der Waals surface area contributed by atoms with E-state index in [0.29, 0.717) is 11.3 Å². The molecule has 4 nitrogen and oxygen atoms in total. The van der Waals surface area contributed by atoms with Crippen LogP contribution in [0.1, 0.15) is 16.9 Å². The van der Waals surface area contributed by atoms with Gasteiger partial charge in [-0.1, -0.05) is 30.3 Å². The van der Waals surface area contributed by atoms with Crippen molar-refractivity contribution in [3.8, 4) is 0 Å². The molecule has 2 rings (SSSR count). The van der Waals surface area contributed by atoms with Gasteiger partial charge in [0.15, 0.2) is 5.78 Å². The molecule has 0 aliphatic heterocycles. The van der Waals surface area contributed by atoms with Gasteiger partial charge >= 0.3 is 13.8 Å². The maximum Gasteiger partial charge on any atom is 0.416 e. The van der Waals surface area contributed by atoms with Gasteiger partial charge in [0, 0.05) is 19.9 Å². The van der Waals surface area contributed by atoms with Crippen LogP contribution in [-0.2, 0) is 19.8 Å². The summed E-state index contributed by atoms with van der Waals surface area (Å²) in [6.45, 7) is 0. The zero-order valence-corrected chi connectivity index (χ0v) is 14.0. The molecule has 1 atom stereocenters. The SMILES string of the molecule is COP(=O)(OC)[C@H](Nc1ccc(C(F)(F)F)cc1)c1ccccc1. The Balaban J connectivity index is 2.34. The molecule has 130 valence electrons. The molecule has 0 unspecified atom stereocenters. The Morgan fingerprint density at radius 2 is 1.50 bits per heavy atom. The molecule has 2 aromatic carbocycles. The first-order chi connectivity index (χ1) is 11.3. The number of anilines is 1. The Morgan fingerprint density at radius 3 is 1.96 bits per heavy atom. The molecule has 0 amide bonds. The fourth-order valence-electron chi connectivity index (χ4n) is 2.18. The lowest BCUT2D eigenvalue weighted by Crippen LogP contribution is -2.14. The fourth-order valence-corrected chi connectivity index (χ4v) is 3.59. The van der Waals surface area contributed by atoms with E-state index in [1.165, 1.54) is 26.4 Å². The third-order valence-electron chi connectivity index (χ3n) is 3.46. The summed E-state index contributed by atoms with van der Waals surface area (Å²) in [6, 6.07) is 13.2. The Labute approximate surface area is 138 Å². The molecule has 0 aromatic heterocycles. The summed E-state index contributed by atoms with van der Waals surface area (Å²) < 4.78 is 60.8. The van der Waals surface area contributed by atoms with E-state index in [4.69, 9.17) is 9.05 Å². The third-order valence-corrected chi connectivity index (χ3v) is 5.53. The van der Waals surface area contributed by atoms with E-state index in [1.54, 1.807) is 30.3 Å². The van der Waals surface area contributed by atoms with E-state index in [-0.39, 0.29) is 0 Å². The summed E-state index contributed by atoms with van der Waals surface area (Å²) >= 11 is 0. The van der Waals surface area contributed by atoms with Crippen molar-refractivity contribution in [2.24, 2.45) is 0 Å². The predicted molar refractivity (Wildman–Crippen MR) is 85.9 cm³/mol. The Hall–Kier alpha value is -1.82. The summed E-state index contributed by atoms with van der Waals surface area (Å²) in [4.78, 5) is 0. The summed E-state index contributed by atoms with van der Waals surface area (Å²) in [7, 11) is -1.04. The van der Waals surface area contributed by atoms with Crippen LogP contribution in [0.4, 0.5) is 18.9 Å². The number of nitrogens with one attached hydrogen (secondary N) is 1. The molecule has 8 heteroatoms. The minimum absolute atomic E-state index is 0.367. The lowest BCUT2D eigenvalue weighted by Gasteiger charge is -2.26. The standard InChI is InChI=1S/C16H17F3NO3P/c1-22-24(21,23-2)15(12-6-4-3-5-7-12)20-14-10-8-13(9-11-14)16(17,18)19/h3-11,15,20H,1-2H3/t15-/m0/s1. The minimum atomic E-state index is -4.41. The number of hydrogen-bond acceptors (Lipinski definition) is 4. The van der Waals surface area contributed by atoms with Gasteiger partial charge in [-0.25, -0.2) is 0 Å². The van der Waals surface area contributed by atoms with Crippen molar-refractivity contribution >= 4 is 13.3 Å². The molecule has 0 heterocycles. The monoisotopic (exact) mass is 359 g/mol. The maximum atomic E-state index is 12.8. The highest BCUT2D eigenvalue weighted by atomic mass is 31.2. The van der Waals surface area contributed by atoms with Gasteiger partial charge < -0.3 is 14.4 Å². The van der Waals surface area contributed by atoms with Crippen LogP contribution in [0, 0.1) is 0 Å². The highest BCUT2D eigenvalue weighted by Gasteiger charge is 2.36. The maximum absolute atomic E-state index is 12.8. The van der Waals surface area contributed by atoms with E-state index in [9.17, 15) is 17.7 Å². The molecule has 0 aliphatic rings. The summed E-state index contributed by atoms with van der Waals surface area (Å²) in [6.07, 6.45) is -4.41. The lowest BCUT2D eigenvalue weighted by molar-refractivity contribution is -0.137. The normalized spacial score (nSPS) is 13.5. The zero-order chi connectivity index (χ0) is 17.8. The van der Waals surface area contributed by atoms with Crippen LogP contribution in [0.3, 0.4) is 0 Å². The third kappa shape index (κ3) is 4.17. The van der Waals surface area contributed by atoms with Crippen molar-refractivity contribution in [2.45, 2.75) is 12.0 Å². The highest BCUT2D eigenvalue weighted by molar-refractivity contribution is 7.54. The fraction of sp³-hybridized carbons (Fsp3) is 0.250. The first-order valence-corrected chi connectivity index (χ1v) is 8.61. The van der Waals surface area contributed by atoms with Crippen LogP contribution in [0.5, 0.6) is 0 Å². The Bertz CT molecular complexity index is 697.